The van der Waals surface area contributed by atoms with E-state index in [-0.39, 0.29) is 30.2 Å². The zero-order valence-corrected chi connectivity index (χ0v) is 11.6. The zero-order valence-electron chi connectivity index (χ0n) is 11.6. The maximum absolute atomic E-state index is 12.3. The largest absolute Gasteiger partial charge is 0.396 e. The molecule has 2 aliphatic rings. The molecule has 3 rings (SSSR count). The number of non-ortho nitro benzene ring substituents is 1. The molecule has 2 N–H and O–H groups in total. The van der Waals surface area contributed by atoms with Gasteiger partial charge in [0.2, 0.25) is 0 Å². The fourth-order valence-electron chi connectivity index (χ4n) is 3.89. The summed E-state index contributed by atoms with van der Waals surface area (Å²) in [6.07, 6.45) is 3.27. The normalized spacial score (nSPS) is 30.3. The van der Waals surface area contributed by atoms with Crippen molar-refractivity contribution in [3.8, 4) is 0 Å². The Morgan fingerprint density at radius 1 is 1.38 bits per heavy atom. The van der Waals surface area contributed by atoms with Gasteiger partial charge >= 0.3 is 0 Å². The summed E-state index contributed by atoms with van der Waals surface area (Å²) in [7, 11) is 0. The number of carbonyl (C=O) groups excluding carboxylic acids is 1. The molecule has 4 atom stereocenters. The monoisotopic (exact) mass is 290 g/mol. The van der Waals surface area contributed by atoms with E-state index >= 15 is 0 Å². The summed E-state index contributed by atoms with van der Waals surface area (Å²) in [5, 5.41) is 23.3. The van der Waals surface area contributed by atoms with E-state index in [0.29, 0.717) is 17.4 Å². The Balaban J connectivity index is 1.74. The number of benzene rings is 1. The van der Waals surface area contributed by atoms with E-state index in [4.69, 9.17) is 0 Å². The van der Waals surface area contributed by atoms with Crippen LogP contribution in [0.3, 0.4) is 0 Å². The van der Waals surface area contributed by atoms with Crippen molar-refractivity contribution in [1.82, 2.24) is 5.32 Å². The van der Waals surface area contributed by atoms with Crippen LogP contribution in [-0.2, 0) is 0 Å². The lowest BCUT2D eigenvalue weighted by Gasteiger charge is -2.30. The third-order valence-corrected chi connectivity index (χ3v) is 4.92. The standard InChI is InChI=1S/C15H18N2O4/c18-8-13-9-4-5-10(6-9)14(13)16-15(19)11-2-1-3-12(7-11)17(20)21/h1-3,7,9-10,13-14,18H,4-6,8H2,(H,16,19). The number of carbonyl (C=O) groups is 1. The molecule has 0 heterocycles. The van der Waals surface area contributed by atoms with Crippen LogP contribution in [0.25, 0.3) is 0 Å². The van der Waals surface area contributed by atoms with Gasteiger partial charge < -0.3 is 10.4 Å². The molecule has 6 heteroatoms. The van der Waals surface area contributed by atoms with Crippen molar-refractivity contribution >= 4 is 11.6 Å². The average molecular weight is 290 g/mol. The van der Waals surface area contributed by atoms with E-state index < -0.39 is 4.92 Å². The predicted molar refractivity (Wildman–Crippen MR) is 75.8 cm³/mol. The number of nitrogens with zero attached hydrogens (tertiary/aromatic N) is 1. The molecule has 0 spiro atoms. The first-order valence-corrected chi connectivity index (χ1v) is 7.26. The van der Waals surface area contributed by atoms with Crippen molar-refractivity contribution in [2.75, 3.05) is 6.61 Å². The first-order valence-electron chi connectivity index (χ1n) is 7.26. The summed E-state index contributed by atoms with van der Waals surface area (Å²) in [6, 6.07) is 5.72. The van der Waals surface area contributed by atoms with Gasteiger partial charge in [-0.1, -0.05) is 6.07 Å². The Morgan fingerprint density at radius 2 is 2.14 bits per heavy atom. The summed E-state index contributed by atoms with van der Waals surface area (Å²) in [5.74, 6) is 0.742. The minimum Gasteiger partial charge on any atom is -0.396 e. The van der Waals surface area contributed by atoms with Gasteiger partial charge in [0.25, 0.3) is 11.6 Å². The molecular formula is C15H18N2O4. The molecule has 2 fully saturated rings. The average Bonchev–Trinajstić information content (AvgIpc) is 3.08. The maximum atomic E-state index is 12.3. The third-order valence-electron chi connectivity index (χ3n) is 4.92. The fourth-order valence-corrected chi connectivity index (χ4v) is 3.89. The van der Waals surface area contributed by atoms with Crippen molar-refractivity contribution < 1.29 is 14.8 Å². The van der Waals surface area contributed by atoms with Crippen LogP contribution in [0.5, 0.6) is 0 Å². The van der Waals surface area contributed by atoms with Gasteiger partial charge in [-0.05, 0) is 37.2 Å². The second kappa shape index (κ2) is 5.44. The van der Waals surface area contributed by atoms with Gasteiger partial charge in [0.1, 0.15) is 0 Å². The Labute approximate surface area is 122 Å². The highest BCUT2D eigenvalue weighted by molar-refractivity contribution is 5.95. The molecular weight excluding hydrogens is 272 g/mol. The van der Waals surface area contributed by atoms with Crippen LogP contribution < -0.4 is 5.32 Å². The second-order valence-corrected chi connectivity index (χ2v) is 5.99. The van der Waals surface area contributed by atoms with Gasteiger partial charge in [-0.3, -0.25) is 14.9 Å². The van der Waals surface area contributed by atoms with Crippen molar-refractivity contribution in [2.24, 2.45) is 17.8 Å². The maximum Gasteiger partial charge on any atom is 0.270 e. The van der Waals surface area contributed by atoms with Crippen LogP contribution in [-0.4, -0.2) is 28.6 Å². The van der Waals surface area contributed by atoms with Gasteiger partial charge in [-0.2, -0.15) is 0 Å². The number of amides is 1. The first kappa shape index (κ1) is 14.0. The van der Waals surface area contributed by atoms with Gasteiger partial charge in [-0.15, -0.1) is 0 Å². The van der Waals surface area contributed by atoms with Crippen molar-refractivity contribution in [1.29, 1.82) is 0 Å². The first-order chi connectivity index (χ1) is 10.1. The number of nitrogens with one attached hydrogen (secondary N) is 1. The lowest BCUT2D eigenvalue weighted by molar-refractivity contribution is -0.384. The number of aliphatic hydroxyl groups excluding tert-OH is 1. The zero-order chi connectivity index (χ0) is 15.0. The number of rotatable bonds is 4. The fraction of sp³-hybridized carbons (Fsp3) is 0.533. The molecule has 4 unspecified atom stereocenters. The number of nitro groups is 1. The van der Waals surface area contributed by atoms with E-state index in [9.17, 15) is 20.0 Å². The van der Waals surface area contributed by atoms with E-state index in [0.717, 1.165) is 19.3 Å². The number of hydrogen-bond donors (Lipinski definition) is 2. The van der Waals surface area contributed by atoms with Gasteiger partial charge in [0.15, 0.2) is 0 Å². The number of hydrogen-bond acceptors (Lipinski definition) is 4. The van der Waals surface area contributed by atoms with E-state index in [1.54, 1.807) is 6.07 Å². The highest BCUT2D eigenvalue weighted by atomic mass is 16.6. The Hall–Kier alpha value is -1.95. The molecule has 2 saturated carbocycles. The lowest BCUT2D eigenvalue weighted by atomic mass is 9.85. The quantitative estimate of drug-likeness (QED) is 0.652. The molecule has 2 aliphatic carbocycles. The summed E-state index contributed by atoms with van der Waals surface area (Å²) in [5.41, 5.74) is 0.206. The summed E-state index contributed by atoms with van der Waals surface area (Å²) < 4.78 is 0. The van der Waals surface area contributed by atoms with Gasteiger partial charge in [0, 0.05) is 36.3 Å². The molecule has 0 aliphatic heterocycles. The Kier molecular flexibility index (Phi) is 3.63. The van der Waals surface area contributed by atoms with Crippen LogP contribution in [0, 0.1) is 27.9 Å². The van der Waals surface area contributed by atoms with Crippen molar-refractivity contribution in [3.63, 3.8) is 0 Å². The number of fused-ring (bicyclic) bond motifs is 2. The molecule has 21 heavy (non-hydrogen) atoms. The van der Waals surface area contributed by atoms with Crippen LogP contribution in [0.1, 0.15) is 29.6 Å². The molecule has 112 valence electrons. The second-order valence-electron chi connectivity index (χ2n) is 5.99. The minimum absolute atomic E-state index is 0.0134. The smallest absolute Gasteiger partial charge is 0.270 e. The number of nitro benzene ring substituents is 1. The van der Waals surface area contributed by atoms with E-state index in [1.807, 2.05) is 0 Å². The van der Waals surface area contributed by atoms with Crippen LogP contribution in [0.15, 0.2) is 24.3 Å². The lowest BCUT2D eigenvalue weighted by Crippen LogP contribution is -2.45. The molecule has 6 nitrogen and oxygen atoms in total. The highest BCUT2D eigenvalue weighted by Gasteiger charge is 2.47. The molecule has 2 bridgehead atoms. The summed E-state index contributed by atoms with van der Waals surface area (Å²) in [6.45, 7) is 0.0844. The van der Waals surface area contributed by atoms with E-state index in [1.165, 1.54) is 18.2 Å². The van der Waals surface area contributed by atoms with E-state index in [2.05, 4.69) is 5.32 Å². The molecule has 1 aromatic rings. The third kappa shape index (κ3) is 2.51. The van der Waals surface area contributed by atoms with Crippen LogP contribution in [0.4, 0.5) is 5.69 Å². The van der Waals surface area contributed by atoms with Crippen LogP contribution >= 0.6 is 0 Å². The van der Waals surface area contributed by atoms with Gasteiger partial charge in [0.05, 0.1) is 4.92 Å². The van der Waals surface area contributed by atoms with Gasteiger partial charge in [-0.25, -0.2) is 0 Å². The molecule has 1 amide bonds. The Morgan fingerprint density at radius 3 is 2.86 bits per heavy atom. The SMILES string of the molecule is O=C(NC1C2CCC(C2)C1CO)c1cccc([N+](=O)[O-])c1. The topological polar surface area (TPSA) is 92.5 Å². The van der Waals surface area contributed by atoms with Crippen molar-refractivity contribution in [3.05, 3.63) is 39.9 Å². The molecule has 0 aromatic heterocycles. The Bertz CT molecular complexity index is 575. The molecule has 0 saturated heterocycles. The molecule has 1 aromatic carbocycles. The summed E-state index contributed by atoms with van der Waals surface area (Å²) in [4.78, 5) is 22.6. The van der Waals surface area contributed by atoms with Crippen molar-refractivity contribution in [2.45, 2.75) is 25.3 Å². The predicted octanol–water partition coefficient (Wildman–Crippen LogP) is 1.73. The highest BCUT2D eigenvalue weighted by Crippen LogP contribution is 2.48. The summed E-state index contributed by atoms with van der Waals surface area (Å²) >= 11 is 0. The number of aliphatic hydroxyl groups is 1. The minimum atomic E-state index is -0.509. The van der Waals surface area contributed by atoms with Crippen LogP contribution in [0.2, 0.25) is 0 Å². The molecule has 0 radical (unpaired) electrons.